The van der Waals surface area contributed by atoms with Crippen molar-refractivity contribution in [1.29, 1.82) is 0 Å². The minimum absolute atomic E-state index is 0.327. The minimum Gasteiger partial charge on any atom is -0.497 e. The molecule has 1 N–H and O–H groups in total. The van der Waals surface area contributed by atoms with Crippen molar-refractivity contribution in [2.75, 3.05) is 33.4 Å². The van der Waals surface area contributed by atoms with Gasteiger partial charge in [-0.25, -0.2) is 0 Å². The third-order valence-corrected chi connectivity index (χ3v) is 7.23. The minimum atomic E-state index is 0.327. The molecule has 0 aromatic heterocycles. The van der Waals surface area contributed by atoms with Crippen LogP contribution in [0.15, 0.2) is 24.3 Å². The fourth-order valence-corrected chi connectivity index (χ4v) is 6.09. The quantitative estimate of drug-likeness (QED) is 0.743. The molecule has 0 spiro atoms. The van der Waals surface area contributed by atoms with Gasteiger partial charge in [0.2, 0.25) is 0 Å². The molecule has 3 saturated heterocycles. The number of piperidine rings is 3. The van der Waals surface area contributed by atoms with Crippen LogP contribution in [0.2, 0.25) is 0 Å². The summed E-state index contributed by atoms with van der Waals surface area (Å²) in [5, 5.41) is 9.28. The molecule has 0 amide bonds. The molecule has 3 fully saturated rings. The summed E-state index contributed by atoms with van der Waals surface area (Å²) >= 11 is 0. The highest BCUT2D eigenvalue weighted by Gasteiger charge is 2.48. The van der Waals surface area contributed by atoms with Gasteiger partial charge in [-0.3, -0.25) is 9.80 Å². The zero-order chi connectivity index (χ0) is 18.6. The highest BCUT2D eigenvalue weighted by molar-refractivity contribution is 5.27. The van der Waals surface area contributed by atoms with Crippen LogP contribution in [0.25, 0.3) is 0 Å². The van der Waals surface area contributed by atoms with Gasteiger partial charge in [-0.05, 0) is 87.6 Å². The molecule has 3 aliphatic heterocycles. The molecule has 27 heavy (non-hydrogen) atoms. The lowest BCUT2D eigenvalue weighted by Gasteiger charge is -2.57. The van der Waals surface area contributed by atoms with Crippen molar-refractivity contribution in [3.05, 3.63) is 29.8 Å². The Morgan fingerprint density at radius 2 is 1.85 bits per heavy atom. The Kier molecular flexibility index (Phi) is 6.36. The van der Waals surface area contributed by atoms with Crippen molar-refractivity contribution in [1.82, 2.24) is 9.80 Å². The number of aliphatic hydroxyl groups is 1. The number of methoxy groups -OCH3 is 1. The van der Waals surface area contributed by atoms with Crippen LogP contribution in [0.5, 0.6) is 5.75 Å². The van der Waals surface area contributed by atoms with Crippen molar-refractivity contribution in [2.45, 2.75) is 63.6 Å². The van der Waals surface area contributed by atoms with Crippen molar-refractivity contribution < 1.29 is 9.84 Å². The Labute approximate surface area is 164 Å². The number of ether oxygens (including phenoxy) is 1. The predicted molar refractivity (Wildman–Crippen MR) is 109 cm³/mol. The predicted octanol–water partition coefficient (Wildman–Crippen LogP) is 3.53. The lowest BCUT2D eigenvalue weighted by atomic mass is 9.69. The molecular weight excluding hydrogens is 336 g/mol. The van der Waals surface area contributed by atoms with Gasteiger partial charge in [-0.1, -0.05) is 12.1 Å². The number of nitrogens with zero attached hydrogens (tertiary/aromatic N) is 2. The second-order valence-corrected chi connectivity index (χ2v) is 8.80. The van der Waals surface area contributed by atoms with Crippen LogP contribution in [0.1, 0.15) is 50.5 Å². The Hall–Kier alpha value is -1.10. The third kappa shape index (κ3) is 4.18. The molecule has 0 saturated carbocycles. The first-order valence-electron chi connectivity index (χ1n) is 11.0. The van der Waals surface area contributed by atoms with Gasteiger partial charge in [0.1, 0.15) is 5.75 Å². The molecule has 150 valence electrons. The molecule has 4 atom stereocenters. The van der Waals surface area contributed by atoms with Gasteiger partial charge < -0.3 is 9.84 Å². The van der Waals surface area contributed by atoms with Gasteiger partial charge in [-0.2, -0.15) is 0 Å². The van der Waals surface area contributed by atoms with Crippen molar-refractivity contribution >= 4 is 0 Å². The fourth-order valence-electron chi connectivity index (χ4n) is 6.09. The van der Waals surface area contributed by atoms with E-state index in [4.69, 9.17) is 4.74 Å². The first-order valence-corrected chi connectivity index (χ1v) is 11.0. The smallest absolute Gasteiger partial charge is 0.118 e. The van der Waals surface area contributed by atoms with E-state index in [9.17, 15) is 5.11 Å². The summed E-state index contributed by atoms with van der Waals surface area (Å²) in [7, 11) is 1.73. The number of hydrogen-bond donors (Lipinski definition) is 1. The van der Waals surface area contributed by atoms with E-state index < -0.39 is 0 Å². The molecule has 0 unspecified atom stereocenters. The number of hydrogen-bond acceptors (Lipinski definition) is 4. The maximum absolute atomic E-state index is 9.28. The van der Waals surface area contributed by atoms with Gasteiger partial charge in [0, 0.05) is 31.8 Å². The molecular formula is C23H36N2O2. The Morgan fingerprint density at radius 1 is 1.07 bits per heavy atom. The molecule has 0 radical (unpaired) electrons. The van der Waals surface area contributed by atoms with Crippen molar-refractivity contribution in [2.24, 2.45) is 11.8 Å². The molecule has 1 aromatic rings. The summed E-state index contributed by atoms with van der Waals surface area (Å²) in [5.74, 6) is 2.60. The summed E-state index contributed by atoms with van der Waals surface area (Å²) in [5.41, 5.74) is 1.39. The molecule has 0 aliphatic carbocycles. The third-order valence-electron chi connectivity index (χ3n) is 7.23. The van der Waals surface area contributed by atoms with E-state index >= 15 is 0 Å². The molecule has 3 heterocycles. The van der Waals surface area contributed by atoms with E-state index in [2.05, 4.69) is 34.1 Å². The number of unbranched alkanes of at least 4 members (excludes halogenated alkanes) is 1. The largest absolute Gasteiger partial charge is 0.497 e. The average Bonchev–Trinajstić information content (AvgIpc) is 2.71. The van der Waals surface area contributed by atoms with E-state index in [0.717, 1.165) is 43.0 Å². The number of rotatable bonds is 7. The number of likely N-dealkylation sites (tertiary alicyclic amines) is 1. The van der Waals surface area contributed by atoms with Crippen LogP contribution in [0.4, 0.5) is 0 Å². The summed E-state index contributed by atoms with van der Waals surface area (Å²) in [6.45, 7) is 5.26. The van der Waals surface area contributed by atoms with Gasteiger partial charge in [0.25, 0.3) is 0 Å². The van der Waals surface area contributed by atoms with Crippen LogP contribution >= 0.6 is 0 Å². The van der Waals surface area contributed by atoms with Gasteiger partial charge in [-0.15, -0.1) is 0 Å². The zero-order valence-electron chi connectivity index (χ0n) is 16.9. The first kappa shape index (κ1) is 19.2. The zero-order valence-corrected chi connectivity index (χ0v) is 16.9. The van der Waals surface area contributed by atoms with Gasteiger partial charge >= 0.3 is 0 Å². The Morgan fingerprint density at radius 3 is 2.59 bits per heavy atom. The second-order valence-electron chi connectivity index (χ2n) is 8.80. The maximum Gasteiger partial charge on any atom is 0.118 e. The normalized spacial score (nSPS) is 31.5. The van der Waals surface area contributed by atoms with E-state index in [1.165, 1.54) is 57.3 Å². The van der Waals surface area contributed by atoms with E-state index in [1.54, 1.807) is 7.11 Å². The number of aliphatic hydroxyl groups excluding tert-OH is 1. The molecule has 1 aromatic carbocycles. The summed E-state index contributed by atoms with van der Waals surface area (Å²) in [4.78, 5) is 5.62. The van der Waals surface area contributed by atoms with Crippen molar-refractivity contribution in [3.63, 3.8) is 0 Å². The summed E-state index contributed by atoms with van der Waals surface area (Å²) < 4.78 is 5.33. The van der Waals surface area contributed by atoms with E-state index in [-0.39, 0.29) is 0 Å². The Balaban J connectivity index is 1.53. The average molecular weight is 373 g/mol. The molecule has 0 bridgehead atoms. The molecule has 4 rings (SSSR count). The lowest BCUT2D eigenvalue weighted by molar-refractivity contribution is -0.0812. The number of benzene rings is 1. The summed E-state index contributed by atoms with van der Waals surface area (Å²) in [6.07, 6.45) is 8.85. The molecule has 4 heteroatoms. The van der Waals surface area contributed by atoms with Crippen LogP contribution < -0.4 is 4.74 Å². The van der Waals surface area contributed by atoms with Crippen molar-refractivity contribution in [3.8, 4) is 5.75 Å². The fraction of sp³-hybridized carbons (Fsp3) is 0.739. The lowest BCUT2D eigenvalue weighted by Crippen LogP contribution is -2.64. The second kappa shape index (κ2) is 8.93. The summed E-state index contributed by atoms with van der Waals surface area (Å²) in [6, 6.07) is 10.1. The first-order chi connectivity index (χ1) is 13.3. The van der Waals surface area contributed by atoms with Gasteiger partial charge in [0.15, 0.2) is 0 Å². The maximum atomic E-state index is 9.28. The van der Waals surface area contributed by atoms with Crippen LogP contribution in [-0.4, -0.2) is 60.3 Å². The molecule has 3 aliphatic rings. The SMILES string of the molecule is COc1ccc(CN2C[C@H]3CCCN4CCC[C@@H]([C@H]34)[C@H]2CCCCO)cc1. The highest BCUT2D eigenvalue weighted by atomic mass is 16.5. The topological polar surface area (TPSA) is 35.9 Å². The highest BCUT2D eigenvalue weighted by Crippen LogP contribution is 2.43. The monoisotopic (exact) mass is 372 g/mol. The van der Waals surface area contributed by atoms with Crippen LogP contribution in [0.3, 0.4) is 0 Å². The standard InChI is InChI=1S/C23H36N2O2/c1-27-20-11-9-18(10-12-20)16-25-17-19-6-4-13-24-14-5-7-21(23(19)24)22(25)8-2-3-15-26/h9-12,19,21-23,26H,2-8,13-17H2,1H3/t19-,21-,22-,23+/m1/s1. The van der Waals surface area contributed by atoms with E-state index in [0.29, 0.717) is 12.6 Å². The Bertz CT molecular complexity index is 589. The van der Waals surface area contributed by atoms with Gasteiger partial charge in [0.05, 0.1) is 7.11 Å². The van der Waals surface area contributed by atoms with Crippen LogP contribution in [0, 0.1) is 11.8 Å². The van der Waals surface area contributed by atoms with E-state index in [1.807, 2.05) is 0 Å². The molecule has 4 nitrogen and oxygen atoms in total. The van der Waals surface area contributed by atoms with Crippen LogP contribution in [-0.2, 0) is 6.54 Å².